The Kier molecular flexibility index (Phi) is 6.80. The van der Waals surface area contributed by atoms with Crippen LogP contribution in [-0.2, 0) is 16.0 Å². The van der Waals surface area contributed by atoms with Crippen molar-refractivity contribution in [3.8, 4) is 5.75 Å². The maximum atomic E-state index is 10.9. The molecule has 1 aromatic carbocycles. The van der Waals surface area contributed by atoms with Crippen molar-refractivity contribution in [2.75, 3.05) is 51.5 Å². The number of pyridine rings is 1. The standard InChI is InChI=1S/C26H30N4O4/c1-32-11-12-34-22-4-2-3-19(13-22)18-30-6-5-20(14-25(30)31)24-17-28-26-23(24)15-21(16-27-26)29-7-9-33-10-8-29/h2-6,13-17,25,31H,7-12,18H2,1H3,(H,27,28). The second-order valence-corrected chi connectivity index (χ2v) is 8.40. The Labute approximate surface area is 199 Å². The third kappa shape index (κ3) is 4.94. The van der Waals surface area contributed by atoms with Gasteiger partial charge in [-0.3, -0.25) is 0 Å². The summed E-state index contributed by atoms with van der Waals surface area (Å²) >= 11 is 0. The fourth-order valence-electron chi connectivity index (χ4n) is 4.31. The highest BCUT2D eigenvalue weighted by Crippen LogP contribution is 2.31. The van der Waals surface area contributed by atoms with E-state index in [1.54, 1.807) is 7.11 Å². The number of methoxy groups -OCH3 is 1. The molecule has 3 aromatic rings. The molecule has 4 heterocycles. The maximum absolute atomic E-state index is 10.9. The molecule has 2 aliphatic heterocycles. The fraction of sp³-hybridized carbons (Fsp3) is 0.346. The third-order valence-electron chi connectivity index (χ3n) is 6.14. The maximum Gasteiger partial charge on any atom is 0.146 e. The summed E-state index contributed by atoms with van der Waals surface area (Å²) in [5.41, 5.74) is 4.98. The minimum Gasteiger partial charge on any atom is -0.491 e. The highest BCUT2D eigenvalue weighted by Gasteiger charge is 2.19. The number of nitrogens with zero attached hydrogens (tertiary/aromatic N) is 3. The number of aromatic amines is 1. The Morgan fingerprint density at radius 1 is 1.21 bits per heavy atom. The lowest BCUT2D eigenvalue weighted by Gasteiger charge is -2.29. The molecule has 0 radical (unpaired) electrons. The number of nitrogens with one attached hydrogen (secondary N) is 1. The van der Waals surface area contributed by atoms with Crippen molar-refractivity contribution in [3.05, 3.63) is 72.2 Å². The van der Waals surface area contributed by atoms with E-state index in [1.807, 2.05) is 59.9 Å². The van der Waals surface area contributed by atoms with E-state index in [2.05, 4.69) is 20.9 Å². The first-order valence-electron chi connectivity index (χ1n) is 11.6. The number of H-pyrrole nitrogens is 1. The summed E-state index contributed by atoms with van der Waals surface area (Å²) in [5, 5.41) is 11.9. The van der Waals surface area contributed by atoms with Gasteiger partial charge < -0.3 is 34.1 Å². The molecule has 178 valence electrons. The largest absolute Gasteiger partial charge is 0.491 e. The molecule has 5 rings (SSSR count). The lowest BCUT2D eigenvalue weighted by atomic mass is 10.0. The van der Waals surface area contributed by atoms with Crippen molar-refractivity contribution in [2.24, 2.45) is 0 Å². The van der Waals surface area contributed by atoms with E-state index in [4.69, 9.17) is 14.2 Å². The summed E-state index contributed by atoms with van der Waals surface area (Å²) in [6.07, 6.45) is 8.98. The van der Waals surface area contributed by atoms with E-state index in [1.165, 1.54) is 0 Å². The number of aromatic nitrogens is 2. The van der Waals surface area contributed by atoms with Crippen LogP contribution in [0.15, 0.2) is 61.1 Å². The number of anilines is 1. The summed E-state index contributed by atoms with van der Waals surface area (Å²) in [7, 11) is 1.65. The van der Waals surface area contributed by atoms with Gasteiger partial charge in [-0.15, -0.1) is 0 Å². The quantitative estimate of drug-likeness (QED) is 0.498. The Bertz CT molecular complexity index is 1180. The zero-order valence-corrected chi connectivity index (χ0v) is 19.3. The zero-order chi connectivity index (χ0) is 23.3. The van der Waals surface area contributed by atoms with Gasteiger partial charge in [0.15, 0.2) is 0 Å². The minimum atomic E-state index is -0.738. The second kappa shape index (κ2) is 10.3. The van der Waals surface area contributed by atoms with Gasteiger partial charge in [0.1, 0.15) is 24.2 Å². The van der Waals surface area contributed by atoms with Crippen molar-refractivity contribution in [1.82, 2.24) is 14.9 Å². The van der Waals surface area contributed by atoms with Crippen LogP contribution < -0.4 is 9.64 Å². The second-order valence-electron chi connectivity index (χ2n) is 8.40. The lowest BCUT2D eigenvalue weighted by molar-refractivity contribution is 0.0729. The molecule has 1 unspecified atom stereocenters. The smallest absolute Gasteiger partial charge is 0.146 e. The van der Waals surface area contributed by atoms with Crippen LogP contribution in [0.2, 0.25) is 0 Å². The van der Waals surface area contributed by atoms with E-state index in [9.17, 15) is 5.11 Å². The molecular weight excluding hydrogens is 432 g/mol. The number of aliphatic hydroxyl groups excluding tert-OH is 1. The fourth-order valence-corrected chi connectivity index (χ4v) is 4.31. The first-order valence-corrected chi connectivity index (χ1v) is 11.6. The van der Waals surface area contributed by atoms with Gasteiger partial charge in [-0.1, -0.05) is 12.1 Å². The van der Waals surface area contributed by atoms with Crippen molar-refractivity contribution in [1.29, 1.82) is 0 Å². The van der Waals surface area contributed by atoms with Gasteiger partial charge in [0.25, 0.3) is 0 Å². The van der Waals surface area contributed by atoms with Crippen LogP contribution in [0.4, 0.5) is 5.69 Å². The summed E-state index contributed by atoms with van der Waals surface area (Å²) in [6, 6.07) is 10.1. The topological polar surface area (TPSA) is 83.1 Å². The van der Waals surface area contributed by atoms with Gasteiger partial charge in [0, 0.05) is 50.1 Å². The summed E-state index contributed by atoms with van der Waals surface area (Å²) in [6.45, 7) is 4.81. The number of hydrogen-bond donors (Lipinski definition) is 2. The third-order valence-corrected chi connectivity index (χ3v) is 6.14. The molecule has 8 nitrogen and oxygen atoms in total. The molecule has 2 aromatic heterocycles. The van der Waals surface area contributed by atoms with Gasteiger partial charge in [-0.05, 0) is 41.5 Å². The molecule has 2 N–H and O–H groups in total. The first-order chi connectivity index (χ1) is 16.7. The number of fused-ring (bicyclic) bond motifs is 1. The summed E-state index contributed by atoms with van der Waals surface area (Å²) < 4.78 is 16.2. The minimum absolute atomic E-state index is 0.505. The molecule has 0 spiro atoms. The number of aliphatic hydroxyl groups is 1. The number of hydrogen-bond acceptors (Lipinski definition) is 7. The predicted octanol–water partition coefficient (Wildman–Crippen LogP) is 3.16. The van der Waals surface area contributed by atoms with Crippen LogP contribution in [0.1, 0.15) is 11.1 Å². The van der Waals surface area contributed by atoms with Crippen LogP contribution in [0.25, 0.3) is 16.6 Å². The molecule has 1 saturated heterocycles. The molecule has 0 bridgehead atoms. The lowest BCUT2D eigenvalue weighted by Crippen LogP contribution is -2.36. The molecule has 1 fully saturated rings. The van der Waals surface area contributed by atoms with Crippen molar-refractivity contribution in [3.63, 3.8) is 0 Å². The molecule has 0 saturated carbocycles. The molecule has 34 heavy (non-hydrogen) atoms. The SMILES string of the molecule is COCCOc1cccc(CN2C=CC(c3c[nH]c4ncc(N5CCOCC5)cc34)=CC2O)c1. The van der Waals surface area contributed by atoms with E-state index >= 15 is 0 Å². The number of allylic oxidation sites excluding steroid dienone is 2. The normalized spacial score (nSPS) is 18.4. The van der Waals surface area contributed by atoms with Gasteiger partial charge in [0.05, 0.1) is 31.7 Å². The summed E-state index contributed by atoms with van der Waals surface area (Å²) in [4.78, 5) is 12.1. The molecule has 0 aliphatic carbocycles. The average molecular weight is 463 g/mol. The van der Waals surface area contributed by atoms with E-state index < -0.39 is 6.23 Å². The molecule has 0 amide bonds. The van der Waals surface area contributed by atoms with Crippen molar-refractivity contribution in [2.45, 2.75) is 12.8 Å². The van der Waals surface area contributed by atoms with Crippen molar-refractivity contribution < 1.29 is 19.3 Å². The average Bonchev–Trinajstić information content (AvgIpc) is 3.30. The van der Waals surface area contributed by atoms with Crippen LogP contribution in [-0.4, -0.2) is 72.8 Å². The van der Waals surface area contributed by atoms with E-state index in [0.29, 0.717) is 19.8 Å². The van der Waals surface area contributed by atoms with E-state index in [-0.39, 0.29) is 0 Å². The Balaban J connectivity index is 1.31. The van der Waals surface area contributed by atoms with Crippen LogP contribution in [0, 0.1) is 0 Å². The monoisotopic (exact) mass is 462 g/mol. The van der Waals surface area contributed by atoms with Gasteiger partial charge in [0.2, 0.25) is 0 Å². The summed E-state index contributed by atoms with van der Waals surface area (Å²) in [5.74, 6) is 0.795. The highest BCUT2D eigenvalue weighted by molar-refractivity contribution is 5.95. The number of rotatable bonds is 8. The number of morpholine rings is 1. The number of ether oxygens (including phenoxy) is 3. The van der Waals surface area contributed by atoms with Gasteiger partial charge in [-0.25, -0.2) is 4.98 Å². The van der Waals surface area contributed by atoms with Crippen molar-refractivity contribution >= 4 is 22.3 Å². The Morgan fingerprint density at radius 2 is 2.09 bits per heavy atom. The molecule has 2 aliphatic rings. The zero-order valence-electron chi connectivity index (χ0n) is 19.3. The molecule has 1 atom stereocenters. The van der Waals surface area contributed by atoms with Crippen LogP contribution in [0.3, 0.4) is 0 Å². The van der Waals surface area contributed by atoms with Crippen LogP contribution >= 0.6 is 0 Å². The van der Waals surface area contributed by atoms with Gasteiger partial charge >= 0.3 is 0 Å². The van der Waals surface area contributed by atoms with E-state index in [0.717, 1.165) is 65.5 Å². The Hall–Kier alpha value is -3.33. The van der Waals surface area contributed by atoms with Crippen LogP contribution in [0.5, 0.6) is 5.75 Å². The molecule has 8 heteroatoms. The highest BCUT2D eigenvalue weighted by atomic mass is 16.5. The number of benzene rings is 1. The van der Waals surface area contributed by atoms with Gasteiger partial charge in [-0.2, -0.15) is 0 Å². The molecular formula is C26H30N4O4. The predicted molar refractivity (Wildman–Crippen MR) is 132 cm³/mol. The Morgan fingerprint density at radius 3 is 2.91 bits per heavy atom. The first kappa shape index (κ1) is 22.5.